The lowest BCUT2D eigenvalue weighted by molar-refractivity contribution is 0.0698. The summed E-state index contributed by atoms with van der Waals surface area (Å²) in [6.07, 6.45) is 0. The molecule has 19 heavy (non-hydrogen) atoms. The summed E-state index contributed by atoms with van der Waals surface area (Å²) in [6, 6.07) is 3.17. The zero-order chi connectivity index (χ0) is 14.3. The van der Waals surface area contributed by atoms with Crippen LogP contribution in [0.3, 0.4) is 0 Å². The fourth-order valence-electron chi connectivity index (χ4n) is 2.24. The molecule has 0 bridgehead atoms. The van der Waals surface area contributed by atoms with Crippen molar-refractivity contribution < 1.29 is 9.90 Å². The zero-order valence-corrected chi connectivity index (χ0v) is 12.3. The van der Waals surface area contributed by atoms with Gasteiger partial charge >= 0.3 is 5.97 Å². The second-order valence-electron chi connectivity index (χ2n) is 4.74. The minimum atomic E-state index is -0.995. The molecule has 0 fully saturated rings. The van der Waals surface area contributed by atoms with Gasteiger partial charge in [-0.2, -0.15) is 0 Å². The summed E-state index contributed by atoms with van der Waals surface area (Å²) >= 11 is 12.1. The molecule has 1 heterocycles. The van der Waals surface area contributed by atoms with Gasteiger partial charge in [-0.25, -0.2) is 4.79 Å². The van der Waals surface area contributed by atoms with E-state index in [0.29, 0.717) is 26.5 Å². The number of halogens is 2. The Labute approximate surface area is 121 Å². The van der Waals surface area contributed by atoms with Crippen molar-refractivity contribution in [2.75, 3.05) is 0 Å². The molecule has 0 saturated heterocycles. The van der Waals surface area contributed by atoms with Gasteiger partial charge in [-0.15, -0.1) is 0 Å². The van der Waals surface area contributed by atoms with Crippen LogP contribution < -0.4 is 0 Å². The lowest BCUT2D eigenvalue weighted by Gasteiger charge is -2.15. The number of carbonyl (C=O) groups is 1. The monoisotopic (exact) mass is 297 g/mol. The van der Waals surface area contributed by atoms with Crippen LogP contribution in [-0.4, -0.2) is 16.1 Å². The van der Waals surface area contributed by atoms with Crippen LogP contribution in [-0.2, 0) is 0 Å². The highest BCUT2D eigenvalue weighted by Gasteiger charge is 2.20. The van der Waals surface area contributed by atoms with Gasteiger partial charge in [0.15, 0.2) is 0 Å². The summed E-state index contributed by atoms with van der Waals surface area (Å²) in [7, 11) is 0. The fraction of sp³-hybridized carbons (Fsp3) is 0.286. The van der Waals surface area contributed by atoms with Crippen LogP contribution in [0.5, 0.6) is 0 Å². The van der Waals surface area contributed by atoms with Crippen LogP contribution in [0.2, 0.25) is 10.0 Å². The van der Waals surface area contributed by atoms with Crippen molar-refractivity contribution in [1.82, 2.24) is 4.98 Å². The molecule has 2 rings (SSSR count). The van der Waals surface area contributed by atoms with Crippen LogP contribution in [0.15, 0.2) is 12.1 Å². The highest BCUT2D eigenvalue weighted by atomic mass is 35.5. The first-order chi connectivity index (χ1) is 8.82. The van der Waals surface area contributed by atoms with Crippen molar-refractivity contribution in [3.63, 3.8) is 0 Å². The number of fused-ring (bicyclic) bond motifs is 1. The fourth-order valence-corrected chi connectivity index (χ4v) is 2.78. The molecule has 1 aromatic heterocycles. The Morgan fingerprint density at radius 2 is 1.95 bits per heavy atom. The van der Waals surface area contributed by atoms with E-state index in [1.54, 1.807) is 19.1 Å². The number of carboxylic acid groups (broad SMARTS) is 1. The van der Waals surface area contributed by atoms with E-state index in [4.69, 9.17) is 23.2 Å². The van der Waals surface area contributed by atoms with Gasteiger partial charge in [-0.1, -0.05) is 37.0 Å². The van der Waals surface area contributed by atoms with Crippen molar-refractivity contribution in [2.45, 2.75) is 26.7 Å². The first-order valence-electron chi connectivity index (χ1n) is 5.85. The molecule has 0 saturated carbocycles. The number of aromatic carboxylic acids is 1. The quantitative estimate of drug-likeness (QED) is 0.876. The smallest absolute Gasteiger partial charge is 0.336 e. The third-order valence-electron chi connectivity index (χ3n) is 3.05. The number of benzene rings is 1. The molecule has 0 radical (unpaired) electrons. The minimum Gasteiger partial charge on any atom is -0.478 e. The van der Waals surface area contributed by atoms with E-state index in [9.17, 15) is 9.90 Å². The lowest BCUT2D eigenvalue weighted by Crippen LogP contribution is -2.08. The van der Waals surface area contributed by atoms with E-state index in [-0.39, 0.29) is 11.5 Å². The molecule has 0 aliphatic carbocycles. The number of aromatic nitrogens is 1. The molecule has 5 heteroatoms. The normalized spacial score (nSPS) is 11.3. The molecule has 2 aromatic rings. The number of rotatable bonds is 2. The molecule has 0 aliphatic rings. The van der Waals surface area contributed by atoms with E-state index in [1.807, 2.05) is 13.8 Å². The van der Waals surface area contributed by atoms with Crippen molar-refractivity contribution in [2.24, 2.45) is 0 Å². The van der Waals surface area contributed by atoms with Crippen LogP contribution in [0.4, 0.5) is 0 Å². The summed E-state index contributed by atoms with van der Waals surface area (Å²) in [5.74, 6) is -0.876. The average molecular weight is 298 g/mol. The maximum absolute atomic E-state index is 11.5. The molecule has 0 unspecified atom stereocenters. The van der Waals surface area contributed by atoms with Gasteiger partial charge in [-0.3, -0.25) is 4.98 Å². The average Bonchev–Trinajstić information content (AvgIpc) is 2.26. The molecule has 1 aromatic carbocycles. The van der Waals surface area contributed by atoms with Gasteiger partial charge in [0.2, 0.25) is 0 Å². The lowest BCUT2D eigenvalue weighted by atomic mass is 9.96. The van der Waals surface area contributed by atoms with Crippen LogP contribution in [0.25, 0.3) is 10.9 Å². The van der Waals surface area contributed by atoms with E-state index in [2.05, 4.69) is 4.98 Å². The van der Waals surface area contributed by atoms with Gasteiger partial charge in [0.05, 0.1) is 16.1 Å². The second kappa shape index (κ2) is 4.99. The van der Waals surface area contributed by atoms with E-state index in [1.165, 1.54) is 0 Å². The van der Waals surface area contributed by atoms with Crippen LogP contribution in [0, 0.1) is 6.92 Å². The van der Waals surface area contributed by atoms with E-state index >= 15 is 0 Å². The predicted molar refractivity (Wildman–Crippen MR) is 77.5 cm³/mol. The summed E-state index contributed by atoms with van der Waals surface area (Å²) in [4.78, 5) is 16.0. The minimum absolute atomic E-state index is 0.120. The highest BCUT2D eigenvalue weighted by molar-refractivity contribution is 6.38. The predicted octanol–water partition coefficient (Wildman–Crippen LogP) is 4.67. The van der Waals surface area contributed by atoms with Gasteiger partial charge in [0.1, 0.15) is 0 Å². The number of pyridine rings is 1. The van der Waals surface area contributed by atoms with Crippen molar-refractivity contribution in [3.8, 4) is 0 Å². The largest absolute Gasteiger partial charge is 0.478 e. The van der Waals surface area contributed by atoms with Crippen molar-refractivity contribution in [1.29, 1.82) is 0 Å². The van der Waals surface area contributed by atoms with Gasteiger partial charge in [-0.05, 0) is 30.5 Å². The van der Waals surface area contributed by atoms with Gasteiger partial charge < -0.3 is 5.11 Å². The number of hydrogen-bond donors (Lipinski definition) is 1. The summed E-state index contributed by atoms with van der Waals surface area (Å²) in [6.45, 7) is 5.70. The Kier molecular flexibility index (Phi) is 3.70. The Morgan fingerprint density at radius 3 is 2.47 bits per heavy atom. The Morgan fingerprint density at radius 1 is 1.32 bits per heavy atom. The molecule has 1 N–H and O–H groups in total. The topological polar surface area (TPSA) is 50.2 Å². The standard InChI is InChI=1S/C14H13Cl2NO2/c1-6(2)12-7(3)11(14(18)19)9-4-8(15)5-10(16)13(9)17-12/h4-6H,1-3H3,(H,18,19). The van der Waals surface area contributed by atoms with E-state index < -0.39 is 5.97 Å². The molecule has 0 amide bonds. The maximum Gasteiger partial charge on any atom is 0.336 e. The molecule has 0 aliphatic heterocycles. The maximum atomic E-state index is 11.5. The number of nitrogens with zero attached hydrogens (tertiary/aromatic N) is 1. The third-order valence-corrected chi connectivity index (χ3v) is 3.56. The Bertz CT molecular complexity index is 681. The SMILES string of the molecule is Cc1c(C(C)C)nc2c(Cl)cc(Cl)cc2c1C(=O)O. The highest BCUT2D eigenvalue weighted by Crippen LogP contribution is 2.33. The molecular weight excluding hydrogens is 285 g/mol. The van der Waals surface area contributed by atoms with Gasteiger partial charge in [0, 0.05) is 16.1 Å². The summed E-state index contributed by atoms with van der Waals surface area (Å²) < 4.78 is 0. The molecule has 0 spiro atoms. The number of hydrogen-bond acceptors (Lipinski definition) is 2. The summed E-state index contributed by atoms with van der Waals surface area (Å²) in [5, 5.41) is 10.7. The molecule has 3 nitrogen and oxygen atoms in total. The van der Waals surface area contributed by atoms with E-state index in [0.717, 1.165) is 5.69 Å². The van der Waals surface area contributed by atoms with Crippen molar-refractivity contribution in [3.05, 3.63) is 39.0 Å². The van der Waals surface area contributed by atoms with Crippen LogP contribution >= 0.6 is 23.2 Å². The third kappa shape index (κ3) is 2.40. The molecule has 0 atom stereocenters. The zero-order valence-electron chi connectivity index (χ0n) is 10.8. The Balaban J connectivity index is 3.00. The second-order valence-corrected chi connectivity index (χ2v) is 5.58. The molecular formula is C14H13Cl2NO2. The van der Waals surface area contributed by atoms with Crippen LogP contribution in [0.1, 0.15) is 41.4 Å². The number of carboxylic acids is 1. The molecule has 100 valence electrons. The first kappa shape index (κ1) is 14.1. The Hall–Kier alpha value is -1.32. The first-order valence-corrected chi connectivity index (χ1v) is 6.61. The van der Waals surface area contributed by atoms with Gasteiger partial charge in [0.25, 0.3) is 0 Å². The van der Waals surface area contributed by atoms with Crippen molar-refractivity contribution >= 4 is 40.1 Å². The summed E-state index contributed by atoms with van der Waals surface area (Å²) in [5.41, 5.74) is 2.11.